The maximum Gasteiger partial charge on any atom is 0.343 e. The maximum absolute atomic E-state index is 13.5. The summed E-state index contributed by atoms with van der Waals surface area (Å²) in [6, 6.07) is 24.1. The predicted molar refractivity (Wildman–Crippen MR) is 334 cm³/mol. The van der Waals surface area contributed by atoms with Gasteiger partial charge >= 0.3 is 23.7 Å². The number of esters is 2. The molecule has 4 aromatic carbocycles. The lowest BCUT2D eigenvalue weighted by Crippen LogP contribution is -2.10. The highest BCUT2D eigenvalue weighted by Gasteiger charge is 2.20. The van der Waals surface area contributed by atoms with Crippen LogP contribution in [0.3, 0.4) is 0 Å². The third-order valence-corrected chi connectivity index (χ3v) is 15.0. The van der Waals surface area contributed by atoms with Crippen molar-refractivity contribution < 1.29 is 46.8 Å². The van der Waals surface area contributed by atoms with Crippen LogP contribution in [-0.4, -0.2) is 58.8 Å². The Hall–Kier alpha value is -6.70. The first kappa shape index (κ1) is 66.4. The molecular weight excluding hydrogens is 1060 g/mol. The van der Waals surface area contributed by atoms with Crippen molar-refractivity contribution in [2.45, 2.75) is 233 Å². The number of carbonyl (C=O) groups excluding carboxylic acids is 2. The highest BCUT2D eigenvalue weighted by Crippen LogP contribution is 2.33. The SMILES string of the molecule is CCCCCCCCCCOc1ccc(C(=O)Oc2ccc(-c3nnc(-c4nnc(-c5ccc(OC(=O)c6ccc(OCCCCCCCCCC)c(OCCCCCCCCCC)c6)cc5)o4)o3)cc2)cc1OCCCCCCCCCC. The molecule has 6 aromatic rings. The number of benzene rings is 4. The van der Waals surface area contributed by atoms with Crippen molar-refractivity contribution in [3.8, 4) is 69.2 Å². The van der Waals surface area contributed by atoms with Gasteiger partial charge in [-0.1, -0.05) is 207 Å². The molecule has 84 heavy (non-hydrogen) atoms. The molecule has 0 saturated heterocycles. The lowest BCUT2D eigenvalue weighted by molar-refractivity contribution is 0.0724. The van der Waals surface area contributed by atoms with Gasteiger partial charge in [0.1, 0.15) is 11.5 Å². The molecule has 14 heteroatoms. The normalized spacial score (nSPS) is 11.2. The van der Waals surface area contributed by atoms with E-state index in [1.165, 1.54) is 154 Å². The van der Waals surface area contributed by atoms with E-state index in [9.17, 15) is 9.59 Å². The molecule has 0 fully saturated rings. The minimum atomic E-state index is -0.517. The summed E-state index contributed by atoms with van der Waals surface area (Å²) in [5.41, 5.74) is 1.91. The van der Waals surface area contributed by atoms with Crippen LogP contribution >= 0.6 is 0 Å². The number of hydrogen-bond donors (Lipinski definition) is 0. The standard InChI is InChI=1S/C70H98N4O10/c1-5-9-13-17-21-25-29-33-49-77-61-47-41-57(53-63(61)79-51-35-31-27-23-19-15-11-7-3)69(75)81-59-43-37-55(38-44-59)65-71-73-67(83-65)68-74-72-66(84-68)56-39-45-60(46-40-56)82-70(76)58-42-48-62(78-50-34-30-26-22-18-14-10-6-2)64(54-58)80-52-36-32-28-24-20-16-12-8-4/h37-48,53-54H,5-36,49-52H2,1-4H3. The summed E-state index contributed by atoms with van der Waals surface area (Å²) in [7, 11) is 0. The molecule has 0 saturated carbocycles. The first-order chi connectivity index (χ1) is 41.4. The molecule has 458 valence electrons. The smallest absolute Gasteiger partial charge is 0.343 e. The van der Waals surface area contributed by atoms with Gasteiger partial charge in [-0.15, -0.1) is 20.4 Å². The average Bonchev–Trinajstić information content (AvgIpc) is 4.02. The number of hydrogen-bond acceptors (Lipinski definition) is 14. The van der Waals surface area contributed by atoms with Crippen LogP contribution in [0.4, 0.5) is 0 Å². The molecule has 0 unspecified atom stereocenters. The maximum atomic E-state index is 13.5. The summed E-state index contributed by atoms with van der Waals surface area (Å²) in [5, 5.41) is 16.7. The van der Waals surface area contributed by atoms with E-state index in [1.54, 1.807) is 72.8 Å². The fraction of sp³-hybridized carbons (Fsp3) is 0.571. The summed E-state index contributed by atoms with van der Waals surface area (Å²) in [5.74, 6) is 2.50. The molecule has 14 nitrogen and oxygen atoms in total. The van der Waals surface area contributed by atoms with Gasteiger partial charge in [0.25, 0.3) is 0 Å². The van der Waals surface area contributed by atoms with Gasteiger partial charge in [-0.3, -0.25) is 0 Å². The van der Waals surface area contributed by atoms with Gasteiger partial charge in [-0.2, -0.15) is 0 Å². The molecule has 0 aliphatic heterocycles. The zero-order valence-electron chi connectivity index (χ0n) is 51.4. The largest absolute Gasteiger partial charge is 0.490 e. The Morgan fingerprint density at radius 3 is 0.869 bits per heavy atom. The van der Waals surface area contributed by atoms with E-state index in [0.29, 0.717) is 83.2 Å². The lowest BCUT2D eigenvalue weighted by atomic mass is 10.1. The number of carbonyl (C=O) groups is 2. The summed E-state index contributed by atoms with van der Waals surface area (Å²) in [4.78, 5) is 27.0. The summed E-state index contributed by atoms with van der Waals surface area (Å²) in [6.45, 7) is 11.3. The van der Waals surface area contributed by atoms with Crippen molar-refractivity contribution in [1.29, 1.82) is 0 Å². The fourth-order valence-corrected chi connectivity index (χ4v) is 9.92. The monoisotopic (exact) mass is 1150 g/mol. The first-order valence-corrected chi connectivity index (χ1v) is 32.5. The van der Waals surface area contributed by atoms with Gasteiger partial charge in [-0.05, 0) is 111 Å². The molecule has 2 aromatic heterocycles. The van der Waals surface area contributed by atoms with Crippen LogP contribution in [0, 0.1) is 0 Å². The third-order valence-electron chi connectivity index (χ3n) is 15.0. The molecule has 0 radical (unpaired) electrons. The van der Waals surface area contributed by atoms with E-state index in [1.807, 2.05) is 12.1 Å². The Balaban J connectivity index is 0.995. The number of rotatable bonds is 47. The minimum Gasteiger partial charge on any atom is -0.490 e. The van der Waals surface area contributed by atoms with Crippen LogP contribution in [-0.2, 0) is 0 Å². The van der Waals surface area contributed by atoms with Crippen molar-refractivity contribution in [1.82, 2.24) is 20.4 Å². The Kier molecular flexibility index (Phi) is 32.1. The summed E-state index contributed by atoms with van der Waals surface area (Å²) >= 11 is 0. The van der Waals surface area contributed by atoms with Gasteiger partial charge in [0.2, 0.25) is 11.8 Å². The Morgan fingerprint density at radius 2 is 0.571 bits per heavy atom. The van der Waals surface area contributed by atoms with Gasteiger partial charge in [-0.25, -0.2) is 9.59 Å². The van der Waals surface area contributed by atoms with Gasteiger partial charge < -0.3 is 37.3 Å². The molecule has 0 spiro atoms. The number of unbranched alkanes of at least 4 members (excludes halogenated alkanes) is 28. The zero-order chi connectivity index (χ0) is 59.1. The summed E-state index contributed by atoms with van der Waals surface area (Å²) in [6.07, 6.45) is 38.7. The molecule has 0 bridgehead atoms. The molecule has 0 aliphatic carbocycles. The van der Waals surface area contributed by atoms with E-state index in [2.05, 4.69) is 48.1 Å². The molecule has 6 rings (SSSR count). The average molecular weight is 1160 g/mol. The fourth-order valence-electron chi connectivity index (χ4n) is 9.92. The molecule has 0 N–H and O–H groups in total. The zero-order valence-corrected chi connectivity index (χ0v) is 51.4. The van der Waals surface area contributed by atoms with Gasteiger partial charge in [0, 0.05) is 11.1 Å². The van der Waals surface area contributed by atoms with Crippen LogP contribution < -0.4 is 28.4 Å². The Morgan fingerprint density at radius 1 is 0.310 bits per heavy atom. The van der Waals surface area contributed by atoms with Crippen LogP contribution in [0.15, 0.2) is 93.8 Å². The second-order valence-corrected chi connectivity index (χ2v) is 22.3. The summed E-state index contributed by atoms with van der Waals surface area (Å²) < 4.78 is 48.5. The Labute approximate surface area is 501 Å². The van der Waals surface area contributed by atoms with Crippen molar-refractivity contribution in [3.05, 3.63) is 96.1 Å². The molecule has 2 heterocycles. The topological polar surface area (TPSA) is 167 Å². The quantitative estimate of drug-likeness (QED) is 0.0201. The van der Waals surface area contributed by atoms with Gasteiger partial charge in [0.15, 0.2) is 23.0 Å². The highest BCUT2D eigenvalue weighted by atomic mass is 16.5. The highest BCUT2D eigenvalue weighted by molar-refractivity contribution is 5.92. The van der Waals surface area contributed by atoms with Crippen LogP contribution in [0.5, 0.6) is 34.5 Å². The van der Waals surface area contributed by atoms with Crippen molar-refractivity contribution in [3.63, 3.8) is 0 Å². The van der Waals surface area contributed by atoms with E-state index >= 15 is 0 Å². The van der Waals surface area contributed by atoms with Crippen LogP contribution in [0.25, 0.3) is 34.7 Å². The minimum absolute atomic E-state index is 0.0289. The van der Waals surface area contributed by atoms with E-state index in [-0.39, 0.29) is 23.6 Å². The molecular formula is C70H98N4O10. The van der Waals surface area contributed by atoms with Crippen molar-refractivity contribution in [2.24, 2.45) is 0 Å². The first-order valence-electron chi connectivity index (χ1n) is 32.5. The third kappa shape index (κ3) is 24.9. The van der Waals surface area contributed by atoms with E-state index < -0.39 is 11.9 Å². The van der Waals surface area contributed by atoms with E-state index in [4.69, 9.17) is 37.3 Å². The number of aromatic nitrogens is 4. The number of ether oxygens (including phenoxy) is 6. The molecule has 0 amide bonds. The predicted octanol–water partition coefficient (Wildman–Crippen LogP) is 20.0. The van der Waals surface area contributed by atoms with Crippen LogP contribution in [0.1, 0.15) is 254 Å². The number of nitrogens with zero attached hydrogens (tertiary/aromatic N) is 4. The second-order valence-electron chi connectivity index (χ2n) is 22.3. The van der Waals surface area contributed by atoms with Crippen LogP contribution in [0.2, 0.25) is 0 Å². The second kappa shape index (κ2) is 40.5. The lowest BCUT2D eigenvalue weighted by Gasteiger charge is -2.14. The molecule has 0 atom stereocenters. The van der Waals surface area contributed by atoms with Crippen molar-refractivity contribution in [2.75, 3.05) is 26.4 Å². The van der Waals surface area contributed by atoms with Crippen molar-refractivity contribution >= 4 is 11.9 Å². The molecule has 0 aliphatic rings. The Bertz CT molecular complexity index is 2530. The van der Waals surface area contributed by atoms with E-state index in [0.717, 1.165) is 51.4 Å². The van der Waals surface area contributed by atoms with Gasteiger partial charge in [0.05, 0.1) is 37.6 Å².